The van der Waals surface area contributed by atoms with Crippen molar-refractivity contribution in [2.75, 3.05) is 5.75 Å². The third-order valence-corrected chi connectivity index (χ3v) is 7.41. The van der Waals surface area contributed by atoms with E-state index in [0.29, 0.717) is 15.7 Å². The standard InChI is InChI=1S/C14H14N8O4S3/c1-6-17-18-14(29-6)28-4-7-3-27-12-9(11(24)22(12)10(7)13(25)26)16-8(23)2-21-5-15-19-20-21/h4-5,9-10,12H,2-3H2,1H3,(H,16,23)(H,25,26)/b7-4+/t9-,10?,12-/m1/s1. The third kappa shape index (κ3) is 3.97. The molecule has 1 unspecified atom stereocenters. The Hall–Kier alpha value is -2.52. The zero-order valence-electron chi connectivity index (χ0n) is 14.8. The molecule has 0 radical (unpaired) electrons. The average Bonchev–Trinajstić information content (AvgIpc) is 3.35. The molecule has 2 N–H and O–H groups in total. The predicted molar refractivity (Wildman–Crippen MR) is 103 cm³/mol. The number of carboxylic acid groups (broad SMARTS) is 1. The van der Waals surface area contributed by atoms with Crippen LogP contribution < -0.4 is 5.32 Å². The van der Waals surface area contributed by atoms with E-state index in [1.54, 1.807) is 5.41 Å². The van der Waals surface area contributed by atoms with Crippen LogP contribution in [0.5, 0.6) is 0 Å². The summed E-state index contributed by atoms with van der Waals surface area (Å²) in [5.74, 6) is -1.54. The van der Waals surface area contributed by atoms with Gasteiger partial charge in [0.25, 0.3) is 0 Å². The topological polar surface area (TPSA) is 156 Å². The highest BCUT2D eigenvalue weighted by Gasteiger charge is 2.56. The lowest BCUT2D eigenvalue weighted by atomic mass is 9.98. The van der Waals surface area contributed by atoms with Crippen molar-refractivity contribution in [2.45, 2.75) is 35.3 Å². The largest absolute Gasteiger partial charge is 0.479 e. The molecule has 2 fully saturated rings. The molecule has 2 amide bonds. The second-order valence-electron chi connectivity index (χ2n) is 6.14. The summed E-state index contributed by atoms with van der Waals surface area (Å²) in [7, 11) is 0. The number of β-lactam (4-membered cyclic amide) rings is 1. The van der Waals surface area contributed by atoms with E-state index < -0.39 is 35.2 Å². The average molecular weight is 455 g/mol. The highest BCUT2D eigenvalue weighted by Crippen LogP contribution is 2.41. The molecule has 2 aliphatic rings. The molecule has 2 aromatic rings. The number of aliphatic carboxylic acids is 1. The van der Waals surface area contributed by atoms with Gasteiger partial charge in [0.2, 0.25) is 11.8 Å². The van der Waals surface area contributed by atoms with Crippen LogP contribution in [0.15, 0.2) is 21.6 Å². The summed E-state index contributed by atoms with van der Waals surface area (Å²) in [6, 6.07) is -1.84. The van der Waals surface area contributed by atoms with Crippen LogP contribution in [0.4, 0.5) is 0 Å². The quantitative estimate of drug-likeness (QED) is 0.423. The number of rotatable bonds is 6. The summed E-state index contributed by atoms with van der Waals surface area (Å²) < 4.78 is 1.94. The molecule has 0 aliphatic carbocycles. The molecule has 2 saturated heterocycles. The first-order valence-corrected chi connectivity index (χ1v) is 11.0. The SMILES string of the molecule is Cc1nnc(S/C=C2\CS[C@@H]3[C@H](NC(=O)Cn4cnnn4)C(=O)N3C2C(=O)O)s1. The maximum absolute atomic E-state index is 12.6. The second-order valence-corrected chi connectivity index (χ2v) is 9.54. The number of carboxylic acids is 1. The van der Waals surface area contributed by atoms with Crippen LogP contribution >= 0.6 is 34.9 Å². The van der Waals surface area contributed by atoms with Crippen LogP contribution in [0.2, 0.25) is 0 Å². The van der Waals surface area contributed by atoms with Crippen LogP contribution in [0, 0.1) is 6.92 Å². The molecule has 3 atom stereocenters. The number of hydrogen-bond donors (Lipinski definition) is 2. The van der Waals surface area contributed by atoms with Gasteiger partial charge in [0.1, 0.15) is 29.3 Å². The number of tetrazole rings is 1. The van der Waals surface area contributed by atoms with Crippen LogP contribution in [-0.2, 0) is 20.9 Å². The van der Waals surface area contributed by atoms with Crippen LogP contribution in [-0.4, -0.2) is 81.4 Å². The third-order valence-electron chi connectivity index (χ3n) is 4.20. The number of aryl methyl sites for hydroxylation is 1. The first kappa shape index (κ1) is 19.8. The van der Waals surface area contributed by atoms with E-state index in [0.717, 1.165) is 5.01 Å². The highest BCUT2D eigenvalue weighted by atomic mass is 32.2. The minimum Gasteiger partial charge on any atom is -0.479 e. The first-order chi connectivity index (χ1) is 13.9. The summed E-state index contributed by atoms with van der Waals surface area (Å²) in [4.78, 5) is 37.9. The van der Waals surface area contributed by atoms with Crippen molar-refractivity contribution in [3.8, 4) is 0 Å². The molecule has 0 saturated carbocycles. The van der Waals surface area contributed by atoms with Crippen LogP contribution in [0.25, 0.3) is 0 Å². The van der Waals surface area contributed by atoms with Gasteiger partial charge in [-0.05, 0) is 28.3 Å². The molecule has 0 bridgehead atoms. The zero-order valence-corrected chi connectivity index (χ0v) is 17.3. The minimum absolute atomic E-state index is 0.125. The van der Waals surface area contributed by atoms with Gasteiger partial charge in [-0.25, -0.2) is 9.48 Å². The van der Waals surface area contributed by atoms with Crippen LogP contribution in [0.1, 0.15) is 5.01 Å². The molecule has 152 valence electrons. The van der Waals surface area contributed by atoms with Crippen molar-refractivity contribution in [2.24, 2.45) is 0 Å². The molecular formula is C14H14N8O4S3. The predicted octanol–water partition coefficient (Wildman–Crippen LogP) is -0.638. The fourth-order valence-electron chi connectivity index (χ4n) is 2.96. The molecule has 15 heteroatoms. The van der Waals surface area contributed by atoms with Gasteiger partial charge in [0.15, 0.2) is 10.4 Å². The Labute approximate surface area is 176 Å². The molecule has 0 aromatic carbocycles. The van der Waals surface area contributed by atoms with E-state index in [1.165, 1.54) is 50.8 Å². The van der Waals surface area contributed by atoms with E-state index in [-0.39, 0.29) is 6.54 Å². The lowest BCUT2D eigenvalue weighted by Gasteiger charge is -2.52. The van der Waals surface area contributed by atoms with Gasteiger partial charge in [-0.1, -0.05) is 23.1 Å². The Kier molecular flexibility index (Phi) is 5.51. The van der Waals surface area contributed by atoms with Crippen molar-refractivity contribution >= 4 is 52.6 Å². The molecule has 2 aromatic heterocycles. The summed E-state index contributed by atoms with van der Waals surface area (Å²) in [6.07, 6.45) is 1.29. The van der Waals surface area contributed by atoms with Crippen molar-refractivity contribution < 1.29 is 19.5 Å². The lowest BCUT2D eigenvalue weighted by Crippen LogP contribution is -2.74. The zero-order chi connectivity index (χ0) is 20.5. The van der Waals surface area contributed by atoms with E-state index >= 15 is 0 Å². The number of hydrogen-bond acceptors (Lipinski definition) is 11. The smallest absolute Gasteiger partial charge is 0.330 e. The lowest BCUT2D eigenvalue weighted by molar-refractivity contribution is -0.160. The summed E-state index contributed by atoms with van der Waals surface area (Å²) in [6.45, 7) is 1.71. The van der Waals surface area contributed by atoms with E-state index in [9.17, 15) is 19.5 Å². The number of carbonyl (C=O) groups is 3. The molecular weight excluding hydrogens is 440 g/mol. The number of thioether (sulfide) groups is 2. The van der Waals surface area contributed by atoms with E-state index in [1.807, 2.05) is 6.92 Å². The maximum Gasteiger partial charge on any atom is 0.330 e. The fourth-order valence-corrected chi connectivity index (χ4v) is 6.10. The van der Waals surface area contributed by atoms with Gasteiger partial charge in [-0.15, -0.1) is 27.1 Å². The monoisotopic (exact) mass is 454 g/mol. The van der Waals surface area contributed by atoms with Gasteiger partial charge < -0.3 is 15.3 Å². The Morgan fingerprint density at radius 1 is 1.45 bits per heavy atom. The number of amides is 2. The molecule has 4 rings (SSSR count). The molecule has 4 heterocycles. The molecule has 2 aliphatic heterocycles. The van der Waals surface area contributed by atoms with Gasteiger partial charge in [0, 0.05) is 5.75 Å². The Bertz CT molecular complexity index is 977. The molecule has 0 spiro atoms. The van der Waals surface area contributed by atoms with E-state index in [2.05, 4.69) is 31.0 Å². The van der Waals surface area contributed by atoms with Gasteiger partial charge in [-0.2, -0.15) is 0 Å². The number of nitrogens with zero attached hydrogens (tertiary/aromatic N) is 7. The minimum atomic E-state index is -1.11. The van der Waals surface area contributed by atoms with E-state index in [4.69, 9.17) is 0 Å². The van der Waals surface area contributed by atoms with Crippen molar-refractivity contribution in [1.82, 2.24) is 40.6 Å². The molecule has 29 heavy (non-hydrogen) atoms. The maximum atomic E-state index is 12.6. The van der Waals surface area contributed by atoms with Gasteiger partial charge in [0.05, 0.1) is 0 Å². The number of aromatic nitrogens is 6. The second kappa shape index (κ2) is 8.08. The Balaban J connectivity index is 1.43. The Morgan fingerprint density at radius 3 is 2.93 bits per heavy atom. The molecule has 12 nitrogen and oxygen atoms in total. The van der Waals surface area contributed by atoms with Gasteiger partial charge in [-0.3, -0.25) is 9.59 Å². The first-order valence-electron chi connectivity index (χ1n) is 8.26. The van der Waals surface area contributed by atoms with Crippen molar-refractivity contribution in [1.29, 1.82) is 0 Å². The number of nitrogens with one attached hydrogen (secondary N) is 1. The Morgan fingerprint density at radius 2 is 2.28 bits per heavy atom. The van der Waals surface area contributed by atoms with Crippen LogP contribution in [0.3, 0.4) is 0 Å². The van der Waals surface area contributed by atoms with Gasteiger partial charge >= 0.3 is 5.97 Å². The normalized spacial score (nSPS) is 24.9. The fraction of sp³-hybridized carbons (Fsp3) is 0.429. The van der Waals surface area contributed by atoms with Crippen molar-refractivity contribution in [3.63, 3.8) is 0 Å². The van der Waals surface area contributed by atoms with Crippen molar-refractivity contribution in [3.05, 3.63) is 22.3 Å². The summed E-state index contributed by atoms with van der Waals surface area (Å²) in [5.41, 5.74) is 0.600. The summed E-state index contributed by atoms with van der Waals surface area (Å²) in [5, 5.41) is 32.8. The summed E-state index contributed by atoms with van der Waals surface area (Å²) >= 11 is 4.11. The number of fused-ring (bicyclic) bond motifs is 1. The highest BCUT2D eigenvalue weighted by molar-refractivity contribution is 8.04. The number of carbonyl (C=O) groups excluding carboxylic acids is 2.